The molecule has 4 rings (SSSR count). The number of aryl methyl sites for hydroxylation is 2. The average Bonchev–Trinajstić information content (AvgIpc) is 1.75. The fraction of sp³-hybridized carbons (Fsp3) is 0.698. The van der Waals surface area contributed by atoms with Gasteiger partial charge in [-0.15, -0.1) is 0 Å². The highest BCUT2D eigenvalue weighted by Crippen LogP contribution is 2.27. The lowest BCUT2D eigenvalue weighted by atomic mass is 9.83. The second kappa shape index (κ2) is 128. The Kier molecular flexibility index (Phi) is 177. The molecule has 6 atom stereocenters. The summed E-state index contributed by atoms with van der Waals surface area (Å²) in [7, 11) is 7.60. The number of hydrogen-bond donors (Lipinski definition) is 11. The van der Waals surface area contributed by atoms with Gasteiger partial charge in [0, 0.05) is 57.1 Å². The molecule has 0 bridgehead atoms. The second-order valence-electron chi connectivity index (χ2n) is 26.2. The van der Waals surface area contributed by atoms with Crippen LogP contribution in [-0.2, 0) is 80.0 Å². The minimum atomic E-state index is -0.860. The molecule has 1 unspecified atom stereocenters. The molecule has 2 fully saturated rings. The van der Waals surface area contributed by atoms with Crippen molar-refractivity contribution in [2.45, 2.75) is 293 Å². The lowest BCUT2D eigenvalue weighted by Crippen LogP contribution is -2.58. The zero-order valence-electron chi connectivity index (χ0n) is 78.6. The van der Waals surface area contributed by atoms with E-state index in [0.717, 1.165) is 74.4 Å². The van der Waals surface area contributed by atoms with Crippen LogP contribution in [0.15, 0.2) is 54.6 Å². The number of nitrogens with zero attached hydrogens (tertiary/aromatic N) is 3. The van der Waals surface area contributed by atoms with Gasteiger partial charge in [-0.05, 0) is 171 Å². The van der Waals surface area contributed by atoms with Gasteiger partial charge in [-0.2, -0.15) is 0 Å². The molecule has 690 valence electrons. The first kappa shape index (κ1) is 159. The summed E-state index contributed by atoms with van der Waals surface area (Å²) in [6.45, 7) is 66.8. The lowest BCUT2D eigenvalue weighted by molar-refractivity contribution is -0.144. The number of piperidine rings is 1. The number of Topliss-reactive ketones (excluding diaryl/α,β-unsaturated/α-hetero) is 1. The van der Waals surface area contributed by atoms with Gasteiger partial charge in [0.15, 0.2) is 5.78 Å². The first-order valence-corrected chi connectivity index (χ1v) is 39.2. The molecular weight excluding hydrogens is 1490 g/mol. The van der Waals surface area contributed by atoms with E-state index in [9.17, 15) is 28.8 Å². The number of aliphatic hydroxyl groups is 1. The van der Waals surface area contributed by atoms with Crippen molar-refractivity contribution in [2.24, 2.45) is 70.3 Å². The molecule has 5 amide bonds. The third kappa shape index (κ3) is 107. The summed E-state index contributed by atoms with van der Waals surface area (Å²) in [6, 6.07) is 15.3. The average molecular weight is 1680 g/mol. The number of aliphatic hydroxyl groups excluding tert-OH is 1. The van der Waals surface area contributed by atoms with Crippen LogP contribution in [0.5, 0.6) is 0 Å². The van der Waals surface area contributed by atoms with Crippen LogP contribution in [0.3, 0.4) is 0 Å². The SMILES string of the molecule is C=O.C=O.C=O.C=O.C=O.C=O.C=O.C=O.CC.CC(C)O.CCC(C)C.CCC(C)C.CCC(C)C.CC[C@H](C)[C@H](CC(=O)[C@H](CC(C)C)NC(=O)[C@@H]1CCCN1C(=O)C(CC(C)C)NC(=O)[C@H](CC(C)C)N(C)C(C)=O)C(=O)N1CCCCC1.CCc1cccc(Cl)c1.CCc1ccccc1.CN.CN.CN.CN.N.N.N.N. The van der Waals surface area contributed by atoms with Crippen molar-refractivity contribution >= 4 is 101 Å². The Balaban J connectivity index is -0.0000000617. The summed E-state index contributed by atoms with van der Waals surface area (Å²) in [5.41, 5.74) is 20.7. The van der Waals surface area contributed by atoms with Crippen LogP contribution < -0.4 is 58.2 Å². The minimum Gasteiger partial charge on any atom is -0.394 e. The number of hydrogen-bond acceptors (Lipinski definition) is 23. The minimum absolute atomic E-state index is 0. The lowest BCUT2D eigenvalue weighted by Gasteiger charge is -2.34. The van der Waals surface area contributed by atoms with E-state index in [1.807, 2.05) is 153 Å². The molecule has 2 aliphatic heterocycles. The van der Waals surface area contributed by atoms with Gasteiger partial charge in [0.1, 0.15) is 72.4 Å². The molecule has 115 heavy (non-hydrogen) atoms. The number of ketones is 1. The highest BCUT2D eigenvalue weighted by atomic mass is 35.5. The van der Waals surface area contributed by atoms with Gasteiger partial charge < -0.3 is 116 Å². The van der Waals surface area contributed by atoms with Crippen molar-refractivity contribution in [2.75, 3.05) is 54.9 Å². The van der Waals surface area contributed by atoms with Crippen LogP contribution in [0.25, 0.3) is 0 Å². The molecule has 0 aromatic heterocycles. The number of carbonyl (C=O) groups is 14. The Bertz CT molecular complexity index is 2210. The van der Waals surface area contributed by atoms with Crippen molar-refractivity contribution in [3.8, 4) is 0 Å². The molecular formula is C86H184ClN13O15. The molecule has 23 N–H and O–H groups in total. The first-order chi connectivity index (χ1) is 52.8. The van der Waals surface area contributed by atoms with Gasteiger partial charge in [-0.1, -0.05) is 225 Å². The predicted molar refractivity (Wildman–Crippen MR) is 490 cm³/mol. The maximum Gasteiger partial charge on any atom is 0.245 e. The van der Waals surface area contributed by atoms with Crippen LogP contribution >= 0.6 is 11.6 Å². The smallest absolute Gasteiger partial charge is 0.245 e. The summed E-state index contributed by atoms with van der Waals surface area (Å²) in [5, 5.41) is 14.8. The van der Waals surface area contributed by atoms with E-state index in [4.69, 9.17) is 55.1 Å². The highest BCUT2D eigenvalue weighted by molar-refractivity contribution is 6.30. The van der Waals surface area contributed by atoms with Gasteiger partial charge in [0.25, 0.3) is 0 Å². The molecule has 2 aromatic carbocycles. The monoisotopic (exact) mass is 1670 g/mol. The van der Waals surface area contributed by atoms with Crippen LogP contribution in [0.1, 0.15) is 261 Å². The number of amides is 5. The summed E-state index contributed by atoms with van der Waals surface area (Å²) in [5.74, 6) is 1.15. The Morgan fingerprint density at radius 2 is 0.817 bits per heavy atom. The Labute approximate surface area is 708 Å². The predicted octanol–water partition coefficient (Wildman–Crippen LogP) is 14.8. The van der Waals surface area contributed by atoms with Crippen molar-refractivity contribution in [1.29, 1.82) is 0 Å². The van der Waals surface area contributed by atoms with Crippen LogP contribution in [0.2, 0.25) is 5.02 Å². The van der Waals surface area contributed by atoms with E-state index in [0.29, 0.717) is 38.6 Å². The van der Waals surface area contributed by atoms with E-state index in [1.165, 1.54) is 70.4 Å². The number of nitrogens with one attached hydrogen (secondary N) is 2. The number of nitrogens with two attached hydrogens (primary N) is 4. The zero-order chi connectivity index (χ0) is 91.9. The molecule has 2 heterocycles. The molecule has 0 aliphatic carbocycles. The second-order valence-corrected chi connectivity index (χ2v) is 26.7. The number of rotatable bonds is 23. The number of likely N-dealkylation sites (N-methyl/N-ethyl adjacent to an activating group) is 1. The van der Waals surface area contributed by atoms with E-state index < -0.39 is 30.1 Å². The van der Waals surface area contributed by atoms with Crippen molar-refractivity contribution in [1.82, 2.24) is 49.9 Å². The Morgan fingerprint density at radius 3 is 1.10 bits per heavy atom. The summed E-state index contributed by atoms with van der Waals surface area (Å²) in [6.07, 6.45) is 12.2. The quantitative estimate of drug-likeness (QED) is 0.0492. The Morgan fingerprint density at radius 1 is 0.478 bits per heavy atom. The van der Waals surface area contributed by atoms with Gasteiger partial charge in [0.2, 0.25) is 29.5 Å². The van der Waals surface area contributed by atoms with Crippen molar-refractivity contribution in [3.63, 3.8) is 0 Å². The first-order valence-electron chi connectivity index (χ1n) is 38.8. The number of carbonyl (C=O) groups excluding carboxylic acids is 14. The van der Waals surface area contributed by atoms with E-state index in [1.54, 1.807) is 25.8 Å². The Hall–Kier alpha value is -7.25. The molecule has 2 aromatic rings. The highest BCUT2D eigenvalue weighted by Gasteiger charge is 2.41. The maximum atomic E-state index is 14.1. The summed E-state index contributed by atoms with van der Waals surface area (Å²) >= 11 is 5.72. The van der Waals surface area contributed by atoms with Gasteiger partial charge in [-0.25, -0.2) is 0 Å². The fourth-order valence-electron chi connectivity index (χ4n) is 8.58. The molecule has 2 saturated heterocycles. The zero-order valence-corrected chi connectivity index (χ0v) is 79.4. The molecule has 2 aliphatic rings. The van der Waals surface area contributed by atoms with Crippen LogP contribution in [0, 0.1) is 47.3 Å². The van der Waals surface area contributed by atoms with Crippen molar-refractivity contribution < 1.29 is 72.2 Å². The number of halogens is 1. The maximum absolute atomic E-state index is 14.1. The topological polar surface area (TPSA) is 537 Å². The van der Waals surface area contributed by atoms with E-state index in [-0.39, 0.29) is 96.1 Å². The molecule has 0 spiro atoms. The number of likely N-dealkylation sites (tertiary alicyclic amines) is 2. The van der Waals surface area contributed by atoms with Gasteiger partial charge >= 0.3 is 0 Å². The molecule has 0 saturated carbocycles. The normalized spacial score (nSPS) is 11.9. The van der Waals surface area contributed by atoms with Crippen LogP contribution in [0.4, 0.5) is 0 Å². The standard InChI is InChI=1S/C38H67N5O6.C8H9Cl.C8H10.3C5H12.C3H8O.C2H6.4CH5N.8CH2O.4H3N/c1-11-27(8)29(37(48)42-17-13-12-14-18-42)23-34(45)30(20-24(2)3)39-35(46)32-16-15-19-43(32)38(49)31(21-25(4)5)40-36(47)33(22-26(6)7)41(10)28(9)44;1-2-7-4-3-5-8(9)6-7;1-2-8-6-4-3-5-7-8;3*1-4-5(2)3;1-3(2)4;13*1-2;;;;/h24-27,29-33H,11-23H2,1-10H3,(H,39,46)(H,40,47);3-6H,2H2,1H3;3-7H,2H2,1H3;3*5H,4H2,1-3H3;3-4H,1-2H3;1-2H3;4*2H2,1H3;8*1H2;4*1H3/t27-,29-,30-,31?,32-,33-;;;;;;;;;;;;;;;;;;;;;;;/m0......................./s1. The van der Waals surface area contributed by atoms with E-state index in [2.05, 4.69) is 140 Å². The number of benzene rings is 2. The third-order valence-corrected chi connectivity index (χ3v) is 15.5. The summed E-state index contributed by atoms with van der Waals surface area (Å²) in [4.78, 5) is 150. The van der Waals surface area contributed by atoms with Crippen LogP contribution in [-0.4, -0.2) is 195 Å². The van der Waals surface area contributed by atoms with Gasteiger partial charge in [0.05, 0.1) is 6.04 Å². The van der Waals surface area contributed by atoms with Crippen molar-refractivity contribution in [3.05, 3.63) is 70.7 Å². The van der Waals surface area contributed by atoms with E-state index >= 15 is 0 Å². The fourth-order valence-corrected chi connectivity index (χ4v) is 8.79. The largest absolute Gasteiger partial charge is 0.394 e. The van der Waals surface area contributed by atoms with Gasteiger partial charge in [-0.3, -0.25) is 28.8 Å². The summed E-state index contributed by atoms with van der Waals surface area (Å²) < 4.78 is 0. The molecule has 28 nitrogen and oxygen atoms in total. The third-order valence-electron chi connectivity index (χ3n) is 15.3. The molecule has 29 heteroatoms. The molecule has 0 radical (unpaired) electrons.